The fourth-order valence-corrected chi connectivity index (χ4v) is 5.79. The number of piperidine rings is 2. The number of fused-ring (bicyclic) bond motifs is 4. The molecule has 172 valence electrons. The van der Waals surface area contributed by atoms with E-state index in [2.05, 4.69) is 30.3 Å². The SMILES string of the molecule is CN1CCC2(C)c3cc(O)ccc3CC1C2NCC1CCN(C(=O)OC(C)(C)C)CC1. The van der Waals surface area contributed by atoms with E-state index in [0.29, 0.717) is 23.8 Å². The standard InChI is InChI=1S/C25H39N3O3/c1-24(2,3)31-23(30)28-11-8-17(9-12-28)16-26-22-21-14-18-6-7-19(29)15-20(18)25(22,4)10-13-27(21)5/h6-7,15,17,21-22,26,29H,8-14,16H2,1-5H3. The molecule has 2 bridgehead atoms. The fraction of sp³-hybridized carbons (Fsp3) is 0.720. The van der Waals surface area contributed by atoms with Gasteiger partial charge < -0.3 is 25.0 Å². The molecule has 2 heterocycles. The van der Waals surface area contributed by atoms with Crippen LogP contribution in [0.3, 0.4) is 0 Å². The summed E-state index contributed by atoms with van der Waals surface area (Å²) in [6, 6.07) is 6.76. The van der Waals surface area contributed by atoms with Crippen molar-refractivity contribution in [3.63, 3.8) is 0 Å². The molecule has 3 unspecified atom stereocenters. The lowest BCUT2D eigenvalue weighted by molar-refractivity contribution is 0.0174. The van der Waals surface area contributed by atoms with Gasteiger partial charge in [0, 0.05) is 30.6 Å². The average Bonchev–Trinajstić information content (AvgIpc) is 2.70. The van der Waals surface area contributed by atoms with Crippen molar-refractivity contribution in [1.82, 2.24) is 15.1 Å². The first-order valence-electron chi connectivity index (χ1n) is 11.8. The number of ether oxygens (including phenoxy) is 1. The Bertz CT molecular complexity index is 813. The van der Waals surface area contributed by atoms with Crippen molar-refractivity contribution >= 4 is 6.09 Å². The minimum Gasteiger partial charge on any atom is -0.508 e. The van der Waals surface area contributed by atoms with Crippen molar-refractivity contribution in [3.8, 4) is 5.75 Å². The molecule has 2 saturated heterocycles. The third-order valence-corrected chi connectivity index (χ3v) is 7.65. The van der Waals surface area contributed by atoms with Crippen LogP contribution in [0.2, 0.25) is 0 Å². The van der Waals surface area contributed by atoms with Gasteiger partial charge in [0.05, 0.1) is 0 Å². The summed E-state index contributed by atoms with van der Waals surface area (Å²) >= 11 is 0. The second kappa shape index (κ2) is 8.28. The van der Waals surface area contributed by atoms with Crippen LogP contribution in [0, 0.1) is 5.92 Å². The number of amides is 1. The molecule has 2 N–H and O–H groups in total. The molecule has 1 aromatic carbocycles. The molecular weight excluding hydrogens is 390 g/mol. The minimum atomic E-state index is -0.444. The number of hydrogen-bond acceptors (Lipinski definition) is 5. The van der Waals surface area contributed by atoms with Crippen LogP contribution in [0.15, 0.2) is 18.2 Å². The Labute approximate surface area is 186 Å². The largest absolute Gasteiger partial charge is 0.508 e. The summed E-state index contributed by atoms with van der Waals surface area (Å²) < 4.78 is 5.53. The molecule has 2 fully saturated rings. The minimum absolute atomic E-state index is 0.0285. The van der Waals surface area contributed by atoms with Gasteiger partial charge in [0.15, 0.2) is 0 Å². The number of rotatable bonds is 3. The number of hydrogen-bond donors (Lipinski definition) is 2. The highest BCUT2D eigenvalue weighted by Gasteiger charge is 2.49. The predicted octanol–water partition coefficient (Wildman–Crippen LogP) is 3.52. The second-order valence-corrected chi connectivity index (χ2v) is 11.1. The second-order valence-electron chi connectivity index (χ2n) is 11.1. The summed E-state index contributed by atoms with van der Waals surface area (Å²) in [4.78, 5) is 16.7. The molecule has 4 rings (SSSR count). The molecular formula is C25H39N3O3. The predicted molar refractivity (Wildman–Crippen MR) is 123 cm³/mol. The zero-order chi connectivity index (χ0) is 22.4. The van der Waals surface area contributed by atoms with Crippen LogP contribution in [0.4, 0.5) is 4.79 Å². The van der Waals surface area contributed by atoms with Crippen LogP contribution in [0.25, 0.3) is 0 Å². The summed E-state index contributed by atoms with van der Waals surface area (Å²) in [7, 11) is 2.24. The topological polar surface area (TPSA) is 65.0 Å². The van der Waals surface area contributed by atoms with Crippen LogP contribution in [-0.4, -0.2) is 71.9 Å². The van der Waals surface area contributed by atoms with Crippen molar-refractivity contribution in [2.45, 2.75) is 76.5 Å². The van der Waals surface area contributed by atoms with Gasteiger partial charge in [-0.25, -0.2) is 4.79 Å². The molecule has 31 heavy (non-hydrogen) atoms. The van der Waals surface area contributed by atoms with Gasteiger partial charge in [-0.1, -0.05) is 13.0 Å². The van der Waals surface area contributed by atoms with E-state index in [1.54, 1.807) is 0 Å². The lowest BCUT2D eigenvalue weighted by Gasteiger charge is -2.55. The van der Waals surface area contributed by atoms with E-state index in [4.69, 9.17) is 4.74 Å². The van der Waals surface area contributed by atoms with E-state index in [1.165, 1.54) is 11.1 Å². The number of phenolic OH excluding ortho intramolecular Hbond substituents is 1. The molecule has 0 spiro atoms. The monoisotopic (exact) mass is 429 g/mol. The van der Waals surface area contributed by atoms with E-state index >= 15 is 0 Å². The first-order chi connectivity index (χ1) is 14.6. The number of phenols is 1. The zero-order valence-electron chi connectivity index (χ0n) is 19.8. The Morgan fingerprint density at radius 1 is 1.26 bits per heavy atom. The van der Waals surface area contributed by atoms with E-state index < -0.39 is 5.60 Å². The van der Waals surface area contributed by atoms with E-state index in [-0.39, 0.29) is 11.5 Å². The number of carbonyl (C=O) groups excluding carboxylic acids is 1. The van der Waals surface area contributed by atoms with E-state index in [9.17, 15) is 9.90 Å². The molecule has 0 radical (unpaired) electrons. The summed E-state index contributed by atoms with van der Waals surface area (Å²) in [5, 5.41) is 14.1. The first kappa shape index (κ1) is 22.4. The number of aromatic hydroxyl groups is 1. The maximum absolute atomic E-state index is 12.3. The highest BCUT2D eigenvalue weighted by atomic mass is 16.6. The molecule has 1 aliphatic carbocycles. The van der Waals surface area contributed by atoms with Crippen molar-refractivity contribution in [2.24, 2.45) is 5.92 Å². The van der Waals surface area contributed by atoms with Crippen molar-refractivity contribution in [1.29, 1.82) is 0 Å². The summed E-state index contributed by atoms with van der Waals surface area (Å²) in [6.07, 6.45) is 3.94. The fourth-order valence-electron chi connectivity index (χ4n) is 5.79. The maximum atomic E-state index is 12.3. The lowest BCUT2D eigenvalue weighted by Crippen LogP contribution is -2.66. The Balaban J connectivity index is 1.39. The van der Waals surface area contributed by atoms with E-state index in [1.807, 2.05) is 37.8 Å². The van der Waals surface area contributed by atoms with Crippen LogP contribution in [0.1, 0.15) is 58.1 Å². The number of benzene rings is 1. The molecule has 6 nitrogen and oxygen atoms in total. The normalized spacial score (nSPS) is 29.5. The summed E-state index contributed by atoms with van der Waals surface area (Å²) in [5.74, 6) is 0.935. The number of likely N-dealkylation sites (N-methyl/N-ethyl adjacent to an activating group) is 1. The van der Waals surface area contributed by atoms with Gasteiger partial charge in [0.25, 0.3) is 0 Å². The van der Waals surface area contributed by atoms with Gasteiger partial charge in [-0.15, -0.1) is 0 Å². The Morgan fingerprint density at radius 3 is 2.65 bits per heavy atom. The Hall–Kier alpha value is -1.79. The maximum Gasteiger partial charge on any atom is 0.410 e. The quantitative estimate of drug-likeness (QED) is 0.770. The van der Waals surface area contributed by atoms with Gasteiger partial charge in [-0.2, -0.15) is 0 Å². The molecule has 1 amide bonds. The number of nitrogens with zero attached hydrogens (tertiary/aromatic N) is 2. The van der Waals surface area contributed by atoms with Gasteiger partial charge >= 0.3 is 6.09 Å². The molecule has 1 aromatic rings. The molecule has 0 aromatic heterocycles. The number of carbonyl (C=O) groups is 1. The molecule has 2 aliphatic heterocycles. The van der Waals surface area contributed by atoms with Crippen LogP contribution in [0.5, 0.6) is 5.75 Å². The van der Waals surface area contributed by atoms with Gasteiger partial charge in [-0.3, -0.25) is 0 Å². The number of likely N-dealkylation sites (tertiary alicyclic amines) is 2. The summed E-state index contributed by atoms with van der Waals surface area (Å²) in [6.45, 7) is 11.7. The Morgan fingerprint density at radius 2 is 1.97 bits per heavy atom. The zero-order valence-corrected chi connectivity index (χ0v) is 19.8. The third kappa shape index (κ3) is 4.56. The van der Waals surface area contributed by atoms with E-state index in [0.717, 1.165) is 51.9 Å². The van der Waals surface area contributed by atoms with Crippen LogP contribution < -0.4 is 5.32 Å². The highest BCUT2D eigenvalue weighted by Crippen LogP contribution is 2.45. The van der Waals surface area contributed by atoms with Gasteiger partial charge in [-0.05, 0) is 95.8 Å². The van der Waals surface area contributed by atoms with Gasteiger partial charge in [0.2, 0.25) is 0 Å². The number of nitrogens with one attached hydrogen (secondary N) is 1. The lowest BCUT2D eigenvalue weighted by atomic mass is 9.61. The van der Waals surface area contributed by atoms with Gasteiger partial charge in [0.1, 0.15) is 11.4 Å². The molecule has 3 atom stereocenters. The third-order valence-electron chi connectivity index (χ3n) is 7.65. The van der Waals surface area contributed by atoms with Crippen molar-refractivity contribution in [2.75, 3.05) is 33.2 Å². The smallest absolute Gasteiger partial charge is 0.410 e. The van der Waals surface area contributed by atoms with Crippen molar-refractivity contribution in [3.05, 3.63) is 29.3 Å². The molecule has 0 saturated carbocycles. The highest BCUT2D eigenvalue weighted by molar-refractivity contribution is 5.68. The molecule has 3 aliphatic rings. The molecule has 6 heteroatoms. The average molecular weight is 430 g/mol. The summed E-state index contributed by atoms with van der Waals surface area (Å²) in [5.41, 5.74) is 2.27. The van der Waals surface area contributed by atoms with Crippen LogP contribution >= 0.6 is 0 Å². The van der Waals surface area contributed by atoms with Crippen LogP contribution in [-0.2, 0) is 16.6 Å². The Kier molecular flexibility index (Phi) is 5.99. The first-order valence-corrected chi connectivity index (χ1v) is 11.8. The van der Waals surface area contributed by atoms with Crippen molar-refractivity contribution < 1.29 is 14.6 Å².